The van der Waals surface area contributed by atoms with Crippen molar-refractivity contribution in [2.24, 2.45) is 0 Å². The van der Waals surface area contributed by atoms with E-state index in [1.807, 2.05) is 0 Å². The first kappa shape index (κ1) is 15.4. The number of nitro benzene ring substituents is 1. The first-order valence-electron chi connectivity index (χ1n) is 7.51. The van der Waals surface area contributed by atoms with Crippen LogP contribution in [0.1, 0.15) is 19.3 Å². The Morgan fingerprint density at radius 2 is 2.13 bits per heavy atom. The molecular weight excluding hydrogens is 302 g/mol. The number of non-ortho nitro benzene ring substituents is 1. The second-order valence-electron chi connectivity index (χ2n) is 5.71. The molecule has 2 aliphatic heterocycles. The molecule has 2 heterocycles. The molecule has 0 bridgehead atoms. The fraction of sp³-hybridized carbons (Fsp3) is 0.467. The monoisotopic (exact) mass is 319 g/mol. The highest BCUT2D eigenvalue weighted by Gasteiger charge is 2.39. The third-order valence-corrected chi connectivity index (χ3v) is 4.16. The molecule has 0 aliphatic carbocycles. The maximum atomic E-state index is 12.3. The molecule has 0 radical (unpaired) electrons. The molecule has 8 nitrogen and oxygen atoms in total. The maximum absolute atomic E-state index is 12.3. The smallest absolute Gasteiger partial charge is 0.269 e. The summed E-state index contributed by atoms with van der Waals surface area (Å²) in [6.45, 7) is 1.20. The molecule has 1 N–H and O–H groups in total. The quantitative estimate of drug-likeness (QED) is 0.666. The fourth-order valence-electron chi connectivity index (χ4n) is 2.98. The van der Waals surface area contributed by atoms with Crippen molar-refractivity contribution in [2.45, 2.75) is 31.4 Å². The zero-order chi connectivity index (χ0) is 16.4. The summed E-state index contributed by atoms with van der Waals surface area (Å²) in [4.78, 5) is 36.2. The van der Waals surface area contributed by atoms with Crippen molar-refractivity contribution in [1.82, 2.24) is 4.90 Å². The average Bonchev–Trinajstić information content (AvgIpc) is 3.00. The second kappa shape index (κ2) is 6.33. The first-order chi connectivity index (χ1) is 11.0. The number of benzene rings is 1. The number of nitro groups is 1. The van der Waals surface area contributed by atoms with Crippen LogP contribution in [0.15, 0.2) is 24.3 Å². The number of rotatable bonds is 4. The Balaban J connectivity index is 1.56. The molecule has 2 atom stereocenters. The van der Waals surface area contributed by atoms with Gasteiger partial charge in [0.15, 0.2) is 0 Å². The number of morpholine rings is 1. The van der Waals surface area contributed by atoms with E-state index in [0.29, 0.717) is 12.3 Å². The van der Waals surface area contributed by atoms with E-state index in [9.17, 15) is 19.7 Å². The van der Waals surface area contributed by atoms with Crippen LogP contribution in [0.3, 0.4) is 0 Å². The maximum Gasteiger partial charge on any atom is 0.269 e. The molecule has 1 aromatic rings. The number of amides is 2. The van der Waals surface area contributed by atoms with Gasteiger partial charge in [-0.2, -0.15) is 0 Å². The SMILES string of the molecule is O=C(C[C@@H]1OC[C@H]2CCCN2C1=O)Nc1ccc([N+](=O)[O-])cc1. The van der Waals surface area contributed by atoms with Crippen LogP contribution in [0, 0.1) is 10.1 Å². The highest BCUT2D eigenvalue weighted by Crippen LogP contribution is 2.25. The van der Waals surface area contributed by atoms with E-state index in [0.717, 1.165) is 19.4 Å². The molecule has 0 saturated carbocycles. The highest BCUT2D eigenvalue weighted by atomic mass is 16.6. The summed E-state index contributed by atoms with van der Waals surface area (Å²) < 4.78 is 5.52. The Kier molecular flexibility index (Phi) is 4.24. The van der Waals surface area contributed by atoms with Gasteiger partial charge in [-0.15, -0.1) is 0 Å². The molecule has 2 fully saturated rings. The highest BCUT2D eigenvalue weighted by molar-refractivity contribution is 5.95. The fourth-order valence-corrected chi connectivity index (χ4v) is 2.98. The molecule has 0 spiro atoms. The molecule has 8 heteroatoms. The van der Waals surface area contributed by atoms with Crippen LogP contribution < -0.4 is 5.32 Å². The largest absolute Gasteiger partial charge is 0.366 e. The summed E-state index contributed by atoms with van der Waals surface area (Å²) in [5, 5.41) is 13.2. The van der Waals surface area contributed by atoms with Crippen LogP contribution in [-0.2, 0) is 14.3 Å². The second-order valence-corrected chi connectivity index (χ2v) is 5.71. The molecular formula is C15H17N3O5. The van der Waals surface area contributed by atoms with Crippen molar-refractivity contribution in [3.63, 3.8) is 0 Å². The van der Waals surface area contributed by atoms with Gasteiger partial charge in [-0.05, 0) is 25.0 Å². The molecule has 2 amide bonds. The van der Waals surface area contributed by atoms with Gasteiger partial charge in [0.2, 0.25) is 5.91 Å². The van der Waals surface area contributed by atoms with E-state index >= 15 is 0 Å². The molecule has 23 heavy (non-hydrogen) atoms. The molecule has 0 unspecified atom stereocenters. The molecule has 1 aromatic carbocycles. The third kappa shape index (κ3) is 3.31. The average molecular weight is 319 g/mol. The van der Waals surface area contributed by atoms with Crippen molar-refractivity contribution in [1.29, 1.82) is 0 Å². The molecule has 122 valence electrons. The minimum atomic E-state index is -0.748. The van der Waals surface area contributed by atoms with Crippen LogP contribution >= 0.6 is 0 Å². The van der Waals surface area contributed by atoms with Gasteiger partial charge in [-0.3, -0.25) is 19.7 Å². The number of hydrogen-bond donors (Lipinski definition) is 1. The van der Waals surface area contributed by atoms with E-state index < -0.39 is 11.0 Å². The number of carbonyl (C=O) groups excluding carboxylic acids is 2. The lowest BCUT2D eigenvalue weighted by Gasteiger charge is -2.34. The lowest BCUT2D eigenvalue weighted by Crippen LogP contribution is -2.51. The Bertz CT molecular complexity index is 631. The Morgan fingerprint density at radius 3 is 2.83 bits per heavy atom. The van der Waals surface area contributed by atoms with E-state index in [2.05, 4.69) is 5.32 Å². The van der Waals surface area contributed by atoms with E-state index in [-0.39, 0.29) is 30.0 Å². The number of ether oxygens (including phenoxy) is 1. The van der Waals surface area contributed by atoms with Gasteiger partial charge in [-0.1, -0.05) is 0 Å². The molecule has 2 saturated heterocycles. The van der Waals surface area contributed by atoms with Gasteiger partial charge < -0.3 is 15.0 Å². The topological polar surface area (TPSA) is 102 Å². The number of anilines is 1. The summed E-state index contributed by atoms with van der Waals surface area (Å²) in [5.41, 5.74) is 0.400. The Labute approximate surface area is 132 Å². The standard InChI is InChI=1S/C15H17N3O5/c19-14(16-10-3-5-11(6-4-10)18(21)22)8-13-15(20)17-7-1-2-12(17)9-23-13/h3-6,12-13H,1-2,7-9H2,(H,16,19)/t12-,13+/m1/s1. The van der Waals surface area contributed by atoms with Crippen LogP contribution in [0.5, 0.6) is 0 Å². The van der Waals surface area contributed by atoms with E-state index in [1.165, 1.54) is 24.3 Å². The van der Waals surface area contributed by atoms with Crippen LogP contribution in [-0.4, -0.2) is 46.9 Å². The first-order valence-corrected chi connectivity index (χ1v) is 7.51. The van der Waals surface area contributed by atoms with Crippen molar-refractivity contribution < 1.29 is 19.2 Å². The minimum absolute atomic E-state index is 0.0473. The van der Waals surface area contributed by atoms with E-state index in [4.69, 9.17) is 4.74 Å². The summed E-state index contributed by atoms with van der Waals surface area (Å²) in [7, 11) is 0. The Hall–Kier alpha value is -2.48. The number of hydrogen-bond acceptors (Lipinski definition) is 5. The number of carbonyl (C=O) groups is 2. The molecule has 0 aromatic heterocycles. The number of nitrogens with one attached hydrogen (secondary N) is 1. The zero-order valence-electron chi connectivity index (χ0n) is 12.4. The number of nitrogens with zero attached hydrogens (tertiary/aromatic N) is 2. The predicted octanol–water partition coefficient (Wildman–Crippen LogP) is 1.31. The number of fused-ring (bicyclic) bond motifs is 1. The van der Waals surface area contributed by atoms with Crippen molar-refractivity contribution in [3.05, 3.63) is 34.4 Å². The van der Waals surface area contributed by atoms with Gasteiger partial charge >= 0.3 is 0 Å². The van der Waals surface area contributed by atoms with Crippen LogP contribution in [0.4, 0.5) is 11.4 Å². The lowest BCUT2D eigenvalue weighted by atomic mass is 10.1. The van der Waals surface area contributed by atoms with Crippen molar-refractivity contribution >= 4 is 23.2 Å². The third-order valence-electron chi connectivity index (χ3n) is 4.16. The normalized spacial score (nSPS) is 23.5. The van der Waals surface area contributed by atoms with Gasteiger partial charge in [0, 0.05) is 24.4 Å². The van der Waals surface area contributed by atoms with Crippen LogP contribution in [0.2, 0.25) is 0 Å². The van der Waals surface area contributed by atoms with Gasteiger partial charge in [0.05, 0.1) is 24.0 Å². The van der Waals surface area contributed by atoms with Gasteiger partial charge in [0.1, 0.15) is 6.10 Å². The van der Waals surface area contributed by atoms with Crippen molar-refractivity contribution in [2.75, 3.05) is 18.5 Å². The summed E-state index contributed by atoms with van der Waals surface area (Å²) in [5.74, 6) is -0.479. The summed E-state index contributed by atoms with van der Waals surface area (Å²) >= 11 is 0. The van der Waals surface area contributed by atoms with Crippen molar-refractivity contribution in [3.8, 4) is 0 Å². The van der Waals surface area contributed by atoms with Gasteiger partial charge in [-0.25, -0.2) is 0 Å². The van der Waals surface area contributed by atoms with Gasteiger partial charge in [0.25, 0.3) is 11.6 Å². The van der Waals surface area contributed by atoms with Crippen LogP contribution in [0.25, 0.3) is 0 Å². The van der Waals surface area contributed by atoms with E-state index in [1.54, 1.807) is 4.90 Å². The molecule has 2 aliphatic rings. The Morgan fingerprint density at radius 1 is 1.39 bits per heavy atom. The minimum Gasteiger partial charge on any atom is -0.366 e. The summed E-state index contributed by atoms with van der Waals surface area (Å²) in [6.07, 6.45) is 1.12. The summed E-state index contributed by atoms with van der Waals surface area (Å²) in [6, 6.07) is 5.68. The molecule has 3 rings (SSSR count). The zero-order valence-corrected chi connectivity index (χ0v) is 12.4. The lowest BCUT2D eigenvalue weighted by molar-refractivity contribution is -0.384. The predicted molar refractivity (Wildman–Crippen MR) is 80.8 cm³/mol.